The molecule has 0 bridgehead atoms. The van der Waals surface area contributed by atoms with Crippen molar-refractivity contribution in [3.05, 3.63) is 15.6 Å². The lowest BCUT2D eigenvalue weighted by atomic mass is 9.87. The second-order valence-electron chi connectivity index (χ2n) is 6.92. The third kappa shape index (κ3) is 4.51. The zero-order valence-corrected chi connectivity index (χ0v) is 14.2. The molecule has 0 radical (unpaired) electrons. The van der Waals surface area contributed by atoms with Gasteiger partial charge in [0.1, 0.15) is 0 Å². The molecule has 0 fully saturated rings. The predicted octanol–water partition coefficient (Wildman–Crippen LogP) is 2.44. The molecule has 1 aliphatic rings. The lowest BCUT2D eigenvalue weighted by Crippen LogP contribution is -2.48. The van der Waals surface area contributed by atoms with E-state index < -0.39 is 6.04 Å². The molecule has 21 heavy (non-hydrogen) atoms. The van der Waals surface area contributed by atoms with Gasteiger partial charge in [0.15, 0.2) is 0 Å². The average molecular weight is 309 g/mol. The van der Waals surface area contributed by atoms with Gasteiger partial charge in [-0.15, -0.1) is 11.3 Å². The summed E-state index contributed by atoms with van der Waals surface area (Å²) < 4.78 is 0. The van der Waals surface area contributed by atoms with E-state index in [4.69, 9.17) is 10.7 Å². The van der Waals surface area contributed by atoms with Crippen molar-refractivity contribution in [2.75, 3.05) is 6.54 Å². The molecule has 0 aromatic carbocycles. The number of carbonyl (C=O) groups is 1. The van der Waals surface area contributed by atoms with E-state index in [1.165, 1.54) is 34.8 Å². The van der Waals surface area contributed by atoms with Crippen LogP contribution in [0.15, 0.2) is 0 Å². The number of nitrogens with two attached hydrogens (primary N) is 1. The molecule has 4 nitrogen and oxygen atoms in total. The molecular formula is C16H27N3OS. The first-order valence-corrected chi connectivity index (χ1v) is 8.70. The van der Waals surface area contributed by atoms with Crippen LogP contribution in [0.3, 0.4) is 0 Å². The van der Waals surface area contributed by atoms with Crippen LogP contribution in [0.2, 0.25) is 0 Å². The fourth-order valence-electron chi connectivity index (χ4n) is 2.47. The molecule has 1 atom stereocenters. The average Bonchev–Trinajstić information content (AvgIpc) is 2.84. The summed E-state index contributed by atoms with van der Waals surface area (Å²) in [5.41, 5.74) is 7.05. The maximum atomic E-state index is 11.9. The van der Waals surface area contributed by atoms with E-state index in [2.05, 4.69) is 5.32 Å². The maximum Gasteiger partial charge on any atom is 0.237 e. The molecule has 0 saturated carbocycles. The van der Waals surface area contributed by atoms with Gasteiger partial charge < -0.3 is 11.1 Å². The minimum absolute atomic E-state index is 0.0547. The van der Waals surface area contributed by atoms with Gasteiger partial charge in [0, 0.05) is 17.8 Å². The largest absolute Gasteiger partial charge is 0.355 e. The molecular weight excluding hydrogens is 282 g/mol. The summed E-state index contributed by atoms with van der Waals surface area (Å²) in [4.78, 5) is 18.1. The molecule has 0 saturated heterocycles. The van der Waals surface area contributed by atoms with Gasteiger partial charge in [0.25, 0.3) is 0 Å². The summed E-state index contributed by atoms with van der Waals surface area (Å²) in [6.07, 6.45) is 6.79. The molecule has 5 heteroatoms. The number of hydrogen-bond donors (Lipinski definition) is 2. The van der Waals surface area contributed by atoms with Gasteiger partial charge >= 0.3 is 0 Å². The smallest absolute Gasteiger partial charge is 0.237 e. The lowest BCUT2D eigenvalue weighted by molar-refractivity contribution is -0.124. The van der Waals surface area contributed by atoms with E-state index in [-0.39, 0.29) is 11.3 Å². The van der Waals surface area contributed by atoms with Gasteiger partial charge in [-0.05, 0) is 37.5 Å². The summed E-state index contributed by atoms with van der Waals surface area (Å²) in [5, 5.41) is 4.15. The van der Waals surface area contributed by atoms with E-state index >= 15 is 0 Å². The number of aromatic nitrogens is 1. The first-order chi connectivity index (χ1) is 9.88. The van der Waals surface area contributed by atoms with Crippen LogP contribution in [-0.4, -0.2) is 23.5 Å². The third-order valence-corrected chi connectivity index (χ3v) is 5.19. The topological polar surface area (TPSA) is 68.0 Å². The molecule has 1 heterocycles. The number of hydrogen-bond acceptors (Lipinski definition) is 4. The highest BCUT2D eigenvalue weighted by Gasteiger charge is 2.26. The number of rotatable bonds is 5. The van der Waals surface area contributed by atoms with Crippen molar-refractivity contribution in [2.24, 2.45) is 11.1 Å². The number of aryl methyl sites for hydroxylation is 3. The summed E-state index contributed by atoms with van der Waals surface area (Å²) in [5.74, 6) is -0.0547. The molecule has 3 N–H and O–H groups in total. The van der Waals surface area contributed by atoms with Gasteiger partial charge in [0.2, 0.25) is 5.91 Å². The predicted molar refractivity (Wildman–Crippen MR) is 87.5 cm³/mol. The monoisotopic (exact) mass is 309 g/mol. The Labute approximate surface area is 131 Å². The Bertz CT molecular complexity index is 467. The molecule has 1 aliphatic carbocycles. The molecule has 0 aliphatic heterocycles. The third-order valence-electron chi connectivity index (χ3n) is 3.97. The number of nitrogens with zero attached hydrogens (tertiary/aromatic N) is 1. The quantitative estimate of drug-likeness (QED) is 0.821. The van der Waals surface area contributed by atoms with Gasteiger partial charge in [0.05, 0.1) is 16.7 Å². The summed E-state index contributed by atoms with van der Waals surface area (Å²) in [7, 11) is 0. The maximum absolute atomic E-state index is 11.9. The highest BCUT2D eigenvalue weighted by Crippen LogP contribution is 2.27. The number of nitrogens with one attached hydrogen (secondary N) is 1. The van der Waals surface area contributed by atoms with Crippen LogP contribution >= 0.6 is 11.3 Å². The van der Waals surface area contributed by atoms with E-state index in [1.54, 1.807) is 0 Å². The van der Waals surface area contributed by atoms with Gasteiger partial charge in [-0.25, -0.2) is 4.98 Å². The molecule has 2 rings (SSSR count). The van der Waals surface area contributed by atoms with E-state index in [0.717, 1.165) is 19.3 Å². The van der Waals surface area contributed by atoms with Crippen LogP contribution in [0.4, 0.5) is 0 Å². The van der Waals surface area contributed by atoms with Gasteiger partial charge in [-0.1, -0.05) is 20.8 Å². The minimum Gasteiger partial charge on any atom is -0.355 e. The lowest BCUT2D eigenvalue weighted by Gasteiger charge is -2.25. The Morgan fingerprint density at radius 1 is 1.38 bits per heavy atom. The number of amides is 1. The van der Waals surface area contributed by atoms with Crippen molar-refractivity contribution in [1.82, 2.24) is 10.3 Å². The summed E-state index contributed by atoms with van der Waals surface area (Å²) in [6, 6.07) is -0.454. The second kappa shape index (κ2) is 6.88. The Morgan fingerprint density at radius 3 is 2.76 bits per heavy atom. The van der Waals surface area contributed by atoms with Gasteiger partial charge in [-0.2, -0.15) is 0 Å². The van der Waals surface area contributed by atoms with Crippen molar-refractivity contribution in [2.45, 2.75) is 65.3 Å². The Balaban J connectivity index is 1.72. The fraction of sp³-hybridized carbons (Fsp3) is 0.750. The fourth-order valence-corrected chi connectivity index (χ4v) is 3.67. The van der Waals surface area contributed by atoms with E-state index in [9.17, 15) is 4.79 Å². The molecule has 1 aromatic rings. The van der Waals surface area contributed by atoms with Crippen LogP contribution in [0, 0.1) is 5.41 Å². The highest BCUT2D eigenvalue weighted by molar-refractivity contribution is 7.11. The standard InChI is InChI=1S/C16H27N3OS/c1-16(2,3)14(17)15(20)18-10-6-9-13-19-11-7-4-5-8-12(11)21-13/h14H,4-10,17H2,1-3H3,(H,18,20)/t14-/m1/s1. The van der Waals surface area contributed by atoms with Crippen LogP contribution in [0.25, 0.3) is 0 Å². The van der Waals surface area contributed by atoms with Gasteiger partial charge in [-0.3, -0.25) is 4.79 Å². The van der Waals surface area contributed by atoms with Crippen molar-refractivity contribution in [3.8, 4) is 0 Å². The van der Waals surface area contributed by atoms with Crippen LogP contribution in [0.1, 0.15) is 55.6 Å². The first-order valence-electron chi connectivity index (χ1n) is 7.88. The van der Waals surface area contributed by atoms with Crippen LogP contribution in [-0.2, 0) is 24.1 Å². The van der Waals surface area contributed by atoms with Crippen LogP contribution < -0.4 is 11.1 Å². The van der Waals surface area contributed by atoms with Crippen molar-refractivity contribution in [1.29, 1.82) is 0 Å². The molecule has 0 spiro atoms. The van der Waals surface area contributed by atoms with Crippen LogP contribution in [0.5, 0.6) is 0 Å². The first kappa shape index (κ1) is 16.4. The number of thiazole rings is 1. The van der Waals surface area contributed by atoms with Crippen molar-refractivity contribution in [3.63, 3.8) is 0 Å². The number of carbonyl (C=O) groups excluding carboxylic acids is 1. The zero-order chi connectivity index (χ0) is 15.5. The zero-order valence-electron chi connectivity index (χ0n) is 13.4. The minimum atomic E-state index is -0.454. The molecule has 0 unspecified atom stereocenters. The summed E-state index contributed by atoms with van der Waals surface area (Å²) >= 11 is 1.86. The number of fused-ring (bicyclic) bond motifs is 1. The summed E-state index contributed by atoms with van der Waals surface area (Å²) in [6.45, 7) is 6.62. The Morgan fingerprint density at radius 2 is 2.10 bits per heavy atom. The Hall–Kier alpha value is -0.940. The van der Waals surface area contributed by atoms with Crippen molar-refractivity contribution < 1.29 is 4.79 Å². The molecule has 1 aromatic heterocycles. The highest BCUT2D eigenvalue weighted by atomic mass is 32.1. The second-order valence-corrected chi connectivity index (χ2v) is 8.09. The van der Waals surface area contributed by atoms with Crippen molar-refractivity contribution >= 4 is 17.2 Å². The SMILES string of the molecule is CC(C)(C)[C@H](N)C(=O)NCCCc1nc2c(s1)CCCC2. The Kier molecular flexibility index (Phi) is 5.38. The molecule has 118 valence electrons. The van der Waals surface area contributed by atoms with E-state index in [0.29, 0.717) is 6.54 Å². The van der Waals surface area contributed by atoms with E-state index in [1.807, 2.05) is 32.1 Å². The normalized spacial score (nSPS) is 16.4. The molecule has 1 amide bonds.